The highest BCUT2D eigenvalue weighted by atomic mass is 32.2. The fraction of sp³-hybridized carbons (Fsp3) is 0.565. The van der Waals surface area contributed by atoms with Gasteiger partial charge in [-0.1, -0.05) is 6.07 Å². The predicted octanol–water partition coefficient (Wildman–Crippen LogP) is 1.38. The van der Waals surface area contributed by atoms with Gasteiger partial charge in [0.1, 0.15) is 0 Å². The van der Waals surface area contributed by atoms with Crippen molar-refractivity contribution >= 4 is 15.9 Å². The molecule has 2 aromatic rings. The van der Waals surface area contributed by atoms with Crippen LogP contribution in [-0.4, -0.2) is 84.0 Å². The molecular formula is C23H31N5O5S. The summed E-state index contributed by atoms with van der Waals surface area (Å²) in [5.41, 5.74) is 1.16. The van der Waals surface area contributed by atoms with E-state index in [2.05, 4.69) is 9.88 Å². The number of aromatic nitrogens is 2. The number of carbonyl (C=O) groups excluding carboxylic acids is 1. The van der Waals surface area contributed by atoms with Crippen LogP contribution in [0.3, 0.4) is 0 Å². The number of rotatable bonds is 6. The molecule has 0 saturated carbocycles. The molecule has 0 unspecified atom stereocenters. The summed E-state index contributed by atoms with van der Waals surface area (Å²) >= 11 is 0. The molecule has 1 amide bonds. The Hall–Kier alpha value is -2.63. The van der Waals surface area contributed by atoms with Crippen LogP contribution in [0.5, 0.6) is 11.5 Å². The van der Waals surface area contributed by atoms with Gasteiger partial charge < -0.3 is 18.9 Å². The fourth-order valence-electron chi connectivity index (χ4n) is 4.82. The van der Waals surface area contributed by atoms with Gasteiger partial charge in [0.05, 0.1) is 12.2 Å². The van der Waals surface area contributed by atoms with Crippen molar-refractivity contribution in [2.45, 2.75) is 37.9 Å². The molecule has 11 heteroatoms. The molecule has 2 saturated heterocycles. The largest absolute Gasteiger partial charge is 0.454 e. The lowest BCUT2D eigenvalue weighted by atomic mass is 9.97. The van der Waals surface area contributed by atoms with Crippen LogP contribution >= 0.6 is 0 Å². The van der Waals surface area contributed by atoms with Gasteiger partial charge in [-0.15, -0.1) is 0 Å². The van der Waals surface area contributed by atoms with Crippen molar-refractivity contribution in [2.24, 2.45) is 5.92 Å². The van der Waals surface area contributed by atoms with Crippen molar-refractivity contribution in [2.75, 3.05) is 46.1 Å². The molecular weight excluding hydrogens is 458 g/mol. The van der Waals surface area contributed by atoms with Crippen LogP contribution in [0.4, 0.5) is 0 Å². The maximum atomic E-state index is 13.2. The summed E-state index contributed by atoms with van der Waals surface area (Å²) in [5.74, 6) is 1.31. The second-order valence-corrected chi connectivity index (χ2v) is 10.9. The number of carbonyl (C=O) groups is 1. The summed E-state index contributed by atoms with van der Waals surface area (Å²) in [7, 11) is -3.69. The van der Waals surface area contributed by atoms with Crippen molar-refractivity contribution < 1.29 is 22.7 Å². The summed E-state index contributed by atoms with van der Waals surface area (Å²) in [6.07, 6.45) is 4.47. The molecule has 3 aliphatic rings. The van der Waals surface area contributed by atoms with E-state index in [1.54, 1.807) is 10.8 Å². The molecule has 5 rings (SSSR count). The maximum absolute atomic E-state index is 13.2. The van der Waals surface area contributed by atoms with Gasteiger partial charge >= 0.3 is 0 Å². The fourth-order valence-corrected chi connectivity index (χ4v) is 6.28. The SMILES string of the molecule is CCn1cnc(S(=O)(=O)N2CCC[C@@H](C(=O)N3CCN(Cc4ccc5c(c4)OCO5)CC3)C2)c1. The van der Waals surface area contributed by atoms with Crippen LogP contribution in [0.15, 0.2) is 35.7 Å². The number of sulfonamides is 1. The van der Waals surface area contributed by atoms with Crippen LogP contribution in [0.1, 0.15) is 25.3 Å². The Morgan fingerprint density at radius 3 is 2.68 bits per heavy atom. The van der Waals surface area contributed by atoms with Gasteiger partial charge in [-0.2, -0.15) is 4.31 Å². The average molecular weight is 490 g/mol. The van der Waals surface area contributed by atoms with Gasteiger partial charge in [-0.25, -0.2) is 13.4 Å². The molecule has 34 heavy (non-hydrogen) atoms. The normalized spacial score (nSPS) is 21.7. The zero-order valence-electron chi connectivity index (χ0n) is 19.4. The minimum Gasteiger partial charge on any atom is -0.454 e. The quantitative estimate of drug-likeness (QED) is 0.605. The smallest absolute Gasteiger partial charge is 0.262 e. The maximum Gasteiger partial charge on any atom is 0.262 e. The van der Waals surface area contributed by atoms with Gasteiger partial charge in [0.2, 0.25) is 12.7 Å². The van der Waals surface area contributed by atoms with E-state index in [1.807, 2.05) is 30.0 Å². The van der Waals surface area contributed by atoms with Crippen LogP contribution in [0.2, 0.25) is 0 Å². The number of aryl methyl sites for hydroxylation is 1. The lowest BCUT2D eigenvalue weighted by molar-refractivity contribution is -0.138. The highest BCUT2D eigenvalue weighted by Gasteiger charge is 2.36. The molecule has 0 spiro atoms. The van der Waals surface area contributed by atoms with Crippen molar-refractivity contribution in [1.29, 1.82) is 0 Å². The number of piperidine rings is 1. The van der Waals surface area contributed by atoms with Gasteiger partial charge in [0.15, 0.2) is 16.5 Å². The molecule has 0 aliphatic carbocycles. The molecule has 1 aromatic heterocycles. The number of hydrogen-bond acceptors (Lipinski definition) is 7. The highest BCUT2D eigenvalue weighted by Crippen LogP contribution is 2.33. The minimum atomic E-state index is -3.69. The van der Waals surface area contributed by atoms with Crippen molar-refractivity contribution in [3.8, 4) is 11.5 Å². The number of amides is 1. The predicted molar refractivity (Wildman–Crippen MR) is 124 cm³/mol. The second-order valence-electron chi connectivity index (χ2n) is 9.03. The van der Waals surface area contributed by atoms with Crippen LogP contribution in [-0.2, 0) is 27.9 Å². The van der Waals surface area contributed by atoms with Crippen LogP contribution in [0.25, 0.3) is 0 Å². The standard InChI is InChI=1S/C23H31N5O5S/c1-2-25-15-22(24-16-25)34(30,31)28-7-3-4-19(14-28)23(29)27-10-8-26(9-11-27)13-18-5-6-20-21(12-18)33-17-32-20/h5-6,12,15-16,19H,2-4,7-11,13-14,17H2,1H3/t19-/m1/s1. The molecule has 3 aliphatic heterocycles. The summed E-state index contributed by atoms with van der Waals surface area (Å²) < 4.78 is 40.1. The first-order chi connectivity index (χ1) is 16.4. The van der Waals surface area contributed by atoms with Gasteiger partial charge in [0.25, 0.3) is 10.0 Å². The van der Waals surface area contributed by atoms with E-state index in [1.165, 1.54) is 10.6 Å². The molecule has 10 nitrogen and oxygen atoms in total. The summed E-state index contributed by atoms with van der Waals surface area (Å²) in [6.45, 7) is 7.15. The lowest BCUT2D eigenvalue weighted by Crippen LogP contribution is -2.52. The van der Waals surface area contributed by atoms with E-state index in [9.17, 15) is 13.2 Å². The number of imidazole rings is 1. The zero-order chi connectivity index (χ0) is 23.7. The molecule has 1 atom stereocenters. The first-order valence-corrected chi connectivity index (χ1v) is 13.3. The molecule has 0 bridgehead atoms. The van der Waals surface area contributed by atoms with E-state index < -0.39 is 10.0 Å². The van der Waals surface area contributed by atoms with Crippen molar-refractivity contribution in [1.82, 2.24) is 23.7 Å². The molecule has 184 valence electrons. The third-order valence-electron chi connectivity index (χ3n) is 6.84. The Morgan fingerprint density at radius 2 is 1.91 bits per heavy atom. The summed E-state index contributed by atoms with van der Waals surface area (Å²) in [6, 6.07) is 6.00. The van der Waals surface area contributed by atoms with E-state index in [0.717, 1.165) is 36.7 Å². The van der Waals surface area contributed by atoms with Crippen molar-refractivity contribution in [3.05, 3.63) is 36.3 Å². The van der Waals surface area contributed by atoms with E-state index in [-0.39, 0.29) is 30.2 Å². The van der Waals surface area contributed by atoms with E-state index >= 15 is 0 Å². The number of hydrogen-bond donors (Lipinski definition) is 0. The van der Waals surface area contributed by atoms with Gasteiger partial charge in [0, 0.05) is 58.6 Å². The van der Waals surface area contributed by atoms with Gasteiger partial charge in [-0.3, -0.25) is 9.69 Å². The third kappa shape index (κ3) is 4.64. The first-order valence-electron chi connectivity index (χ1n) is 11.9. The first kappa shape index (κ1) is 23.1. The number of benzene rings is 1. The molecule has 1 aromatic carbocycles. The number of nitrogens with zero attached hydrogens (tertiary/aromatic N) is 5. The number of ether oxygens (including phenoxy) is 2. The Kier molecular flexibility index (Phi) is 6.50. The van der Waals surface area contributed by atoms with E-state index in [0.29, 0.717) is 39.0 Å². The Morgan fingerprint density at radius 1 is 1.12 bits per heavy atom. The second kappa shape index (κ2) is 9.55. The average Bonchev–Trinajstić information content (AvgIpc) is 3.54. The van der Waals surface area contributed by atoms with Crippen molar-refractivity contribution in [3.63, 3.8) is 0 Å². The summed E-state index contributed by atoms with van der Waals surface area (Å²) in [4.78, 5) is 21.5. The number of piperazine rings is 1. The monoisotopic (exact) mass is 489 g/mol. The Bertz CT molecular complexity index is 1140. The molecule has 4 heterocycles. The number of fused-ring (bicyclic) bond motifs is 1. The molecule has 0 N–H and O–H groups in total. The zero-order valence-corrected chi connectivity index (χ0v) is 20.2. The van der Waals surface area contributed by atoms with Gasteiger partial charge in [-0.05, 0) is 37.5 Å². The lowest BCUT2D eigenvalue weighted by Gasteiger charge is -2.38. The topological polar surface area (TPSA) is 97.2 Å². The molecule has 0 radical (unpaired) electrons. The molecule has 2 fully saturated rings. The minimum absolute atomic E-state index is 0.0552. The Labute approximate surface area is 200 Å². The Balaban J connectivity index is 1.16. The van der Waals surface area contributed by atoms with E-state index in [4.69, 9.17) is 9.47 Å². The van der Waals surface area contributed by atoms with Crippen LogP contribution in [0, 0.1) is 5.92 Å². The summed E-state index contributed by atoms with van der Waals surface area (Å²) in [5, 5.41) is 0.0552. The van der Waals surface area contributed by atoms with Crippen LogP contribution < -0.4 is 9.47 Å². The third-order valence-corrected chi connectivity index (χ3v) is 8.59. The highest BCUT2D eigenvalue weighted by molar-refractivity contribution is 7.89.